The monoisotopic (exact) mass is 317 g/mol. The molecule has 2 rings (SSSR count). The highest BCUT2D eigenvalue weighted by molar-refractivity contribution is 8.02. The third kappa shape index (κ3) is 3.02. The van der Waals surface area contributed by atoms with Gasteiger partial charge in [-0.2, -0.15) is 0 Å². The Hall–Kier alpha value is -0.840. The lowest BCUT2D eigenvalue weighted by Crippen LogP contribution is -2.29. The molecule has 1 aromatic rings. The number of hydrogen-bond acceptors (Lipinski definition) is 3. The molecule has 0 saturated heterocycles. The van der Waals surface area contributed by atoms with E-state index in [4.69, 9.17) is 23.2 Å². The van der Waals surface area contributed by atoms with E-state index < -0.39 is 5.97 Å². The van der Waals surface area contributed by atoms with Crippen molar-refractivity contribution in [3.8, 4) is 0 Å². The van der Waals surface area contributed by atoms with Gasteiger partial charge in [-0.3, -0.25) is 0 Å². The number of carboxylic acid groups (broad SMARTS) is 1. The SMILES string of the molecule is CSC1=C(C(=O)O)CCCN1c1ccc(Cl)cc1Cl. The van der Waals surface area contributed by atoms with E-state index in [-0.39, 0.29) is 0 Å². The first-order valence-corrected chi connectivity index (χ1v) is 7.75. The number of aliphatic carboxylic acids is 1. The Morgan fingerprint density at radius 1 is 1.42 bits per heavy atom. The highest BCUT2D eigenvalue weighted by atomic mass is 35.5. The second-order valence-electron chi connectivity index (χ2n) is 4.14. The van der Waals surface area contributed by atoms with Gasteiger partial charge in [-0.1, -0.05) is 23.2 Å². The Balaban J connectivity index is 2.48. The van der Waals surface area contributed by atoms with Gasteiger partial charge in [0.25, 0.3) is 0 Å². The van der Waals surface area contributed by atoms with Crippen LogP contribution in [0.15, 0.2) is 28.8 Å². The number of nitrogens with zero attached hydrogens (tertiary/aromatic N) is 1. The fourth-order valence-electron chi connectivity index (χ4n) is 2.15. The van der Waals surface area contributed by atoms with Crippen LogP contribution in [-0.2, 0) is 4.79 Å². The Morgan fingerprint density at radius 2 is 2.16 bits per heavy atom. The zero-order chi connectivity index (χ0) is 14.0. The minimum absolute atomic E-state index is 0.449. The van der Waals surface area contributed by atoms with E-state index in [1.807, 2.05) is 17.2 Å². The number of carbonyl (C=O) groups is 1. The predicted octanol–water partition coefficient (Wildman–Crippen LogP) is 4.25. The van der Waals surface area contributed by atoms with Crippen LogP contribution in [0.25, 0.3) is 0 Å². The largest absolute Gasteiger partial charge is 0.478 e. The third-order valence-corrected chi connectivity index (χ3v) is 4.36. The summed E-state index contributed by atoms with van der Waals surface area (Å²) in [5.74, 6) is -0.862. The van der Waals surface area contributed by atoms with E-state index in [9.17, 15) is 9.90 Å². The Kier molecular flexibility index (Phi) is 4.66. The number of halogens is 2. The summed E-state index contributed by atoms with van der Waals surface area (Å²) >= 11 is 13.5. The minimum atomic E-state index is -0.862. The number of thioether (sulfide) groups is 1. The van der Waals surface area contributed by atoms with Crippen molar-refractivity contribution in [1.82, 2.24) is 0 Å². The molecule has 6 heteroatoms. The summed E-state index contributed by atoms with van der Waals surface area (Å²) in [6.45, 7) is 0.758. The van der Waals surface area contributed by atoms with Gasteiger partial charge in [0.15, 0.2) is 0 Å². The molecule has 3 nitrogen and oxygen atoms in total. The number of benzene rings is 1. The fraction of sp³-hybridized carbons (Fsp3) is 0.308. The smallest absolute Gasteiger partial charge is 0.334 e. The van der Waals surface area contributed by atoms with Gasteiger partial charge in [0.1, 0.15) is 0 Å². The van der Waals surface area contributed by atoms with Crippen LogP contribution in [0.5, 0.6) is 0 Å². The molecular weight excluding hydrogens is 305 g/mol. The Morgan fingerprint density at radius 3 is 2.74 bits per heavy atom. The van der Waals surface area contributed by atoms with E-state index >= 15 is 0 Å². The van der Waals surface area contributed by atoms with Crippen LogP contribution >= 0.6 is 35.0 Å². The van der Waals surface area contributed by atoms with Crippen LogP contribution in [0.3, 0.4) is 0 Å². The maximum absolute atomic E-state index is 11.3. The van der Waals surface area contributed by atoms with E-state index in [1.54, 1.807) is 12.1 Å². The number of anilines is 1. The molecule has 1 aromatic carbocycles. The molecule has 1 heterocycles. The normalized spacial score (nSPS) is 15.8. The van der Waals surface area contributed by atoms with Crippen LogP contribution < -0.4 is 4.90 Å². The summed E-state index contributed by atoms with van der Waals surface area (Å²) in [6.07, 6.45) is 3.26. The fourth-order valence-corrected chi connectivity index (χ4v) is 3.50. The molecule has 19 heavy (non-hydrogen) atoms. The molecule has 0 unspecified atom stereocenters. The standard InChI is InChI=1S/C13H13Cl2NO2S/c1-19-12-9(13(17)18)3-2-6-16(12)11-5-4-8(14)7-10(11)15/h4-5,7H,2-3,6H2,1H3,(H,17,18). The quantitative estimate of drug-likeness (QED) is 0.904. The van der Waals surface area contributed by atoms with Gasteiger partial charge >= 0.3 is 5.97 Å². The molecular formula is C13H13Cl2NO2S. The molecule has 0 aromatic heterocycles. The second-order valence-corrected chi connectivity index (χ2v) is 5.78. The maximum Gasteiger partial charge on any atom is 0.334 e. The van der Waals surface area contributed by atoms with Crippen molar-refractivity contribution in [3.05, 3.63) is 38.8 Å². The van der Waals surface area contributed by atoms with Crippen molar-refractivity contribution in [1.29, 1.82) is 0 Å². The number of hydrogen-bond donors (Lipinski definition) is 1. The van der Waals surface area contributed by atoms with Crippen molar-refractivity contribution in [2.24, 2.45) is 0 Å². The van der Waals surface area contributed by atoms with Crippen molar-refractivity contribution < 1.29 is 9.90 Å². The van der Waals surface area contributed by atoms with Gasteiger partial charge in [-0.05, 0) is 37.3 Å². The molecule has 0 atom stereocenters. The van der Waals surface area contributed by atoms with Crippen molar-refractivity contribution in [2.75, 3.05) is 17.7 Å². The van der Waals surface area contributed by atoms with Crippen LogP contribution in [0.1, 0.15) is 12.8 Å². The summed E-state index contributed by atoms with van der Waals surface area (Å²) in [5, 5.41) is 11.1. The van der Waals surface area contributed by atoms with Gasteiger partial charge in [-0.25, -0.2) is 4.79 Å². The first-order valence-electron chi connectivity index (χ1n) is 5.77. The second kappa shape index (κ2) is 6.07. The Bertz CT molecular complexity index is 545. The molecule has 1 N–H and O–H groups in total. The van der Waals surface area contributed by atoms with Gasteiger partial charge in [0.05, 0.1) is 21.3 Å². The maximum atomic E-state index is 11.3. The van der Waals surface area contributed by atoms with Crippen molar-refractivity contribution in [3.63, 3.8) is 0 Å². The highest BCUT2D eigenvalue weighted by Gasteiger charge is 2.26. The Labute approximate surface area is 126 Å². The molecule has 0 amide bonds. The van der Waals surface area contributed by atoms with Crippen LogP contribution in [0.2, 0.25) is 10.0 Å². The molecule has 0 spiro atoms. The number of rotatable bonds is 3. The lowest BCUT2D eigenvalue weighted by atomic mass is 10.1. The molecule has 0 radical (unpaired) electrons. The zero-order valence-electron chi connectivity index (χ0n) is 10.3. The van der Waals surface area contributed by atoms with Crippen molar-refractivity contribution >= 4 is 46.6 Å². The molecule has 1 aliphatic heterocycles. The molecule has 0 fully saturated rings. The molecule has 0 aliphatic carbocycles. The van der Waals surface area contributed by atoms with Crippen LogP contribution in [0.4, 0.5) is 5.69 Å². The van der Waals surface area contributed by atoms with E-state index in [0.29, 0.717) is 22.0 Å². The van der Waals surface area contributed by atoms with E-state index in [1.165, 1.54) is 11.8 Å². The summed E-state index contributed by atoms with van der Waals surface area (Å²) in [5.41, 5.74) is 1.25. The summed E-state index contributed by atoms with van der Waals surface area (Å²) in [6, 6.07) is 5.26. The first kappa shape index (κ1) is 14.6. The van der Waals surface area contributed by atoms with Crippen LogP contribution in [-0.4, -0.2) is 23.9 Å². The first-order chi connectivity index (χ1) is 9.04. The van der Waals surface area contributed by atoms with Gasteiger partial charge in [0.2, 0.25) is 0 Å². The lowest BCUT2D eigenvalue weighted by Gasteiger charge is -2.32. The summed E-state index contributed by atoms with van der Waals surface area (Å²) in [4.78, 5) is 13.2. The lowest BCUT2D eigenvalue weighted by molar-refractivity contribution is -0.132. The average Bonchev–Trinajstić information content (AvgIpc) is 2.37. The minimum Gasteiger partial charge on any atom is -0.478 e. The van der Waals surface area contributed by atoms with Gasteiger partial charge in [0, 0.05) is 11.6 Å². The molecule has 0 saturated carbocycles. The van der Waals surface area contributed by atoms with Gasteiger partial charge in [-0.15, -0.1) is 11.8 Å². The summed E-state index contributed by atoms with van der Waals surface area (Å²) in [7, 11) is 0. The van der Waals surface area contributed by atoms with Crippen molar-refractivity contribution in [2.45, 2.75) is 12.8 Å². The van der Waals surface area contributed by atoms with Gasteiger partial charge < -0.3 is 10.0 Å². The number of carboxylic acids is 1. The predicted molar refractivity (Wildman–Crippen MR) is 81.2 cm³/mol. The summed E-state index contributed by atoms with van der Waals surface area (Å²) < 4.78 is 0. The zero-order valence-corrected chi connectivity index (χ0v) is 12.6. The topological polar surface area (TPSA) is 40.5 Å². The third-order valence-electron chi connectivity index (χ3n) is 2.96. The highest BCUT2D eigenvalue weighted by Crippen LogP contribution is 2.38. The van der Waals surface area contributed by atoms with Crippen LogP contribution in [0, 0.1) is 0 Å². The van der Waals surface area contributed by atoms with E-state index in [0.717, 1.165) is 23.7 Å². The molecule has 0 bridgehead atoms. The average molecular weight is 318 g/mol. The molecule has 1 aliphatic rings. The van der Waals surface area contributed by atoms with E-state index in [2.05, 4.69) is 0 Å². The molecule has 102 valence electrons.